The Labute approximate surface area is 228 Å². The number of likely N-dealkylation sites (tertiary alicyclic amines) is 1. The number of nitrogens with two attached hydrogens (primary N) is 1. The smallest absolute Gasteiger partial charge is 0.256 e. The molecule has 5 rings (SSSR count). The van der Waals surface area contributed by atoms with Crippen molar-refractivity contribution < 1.29 is 9.59 Å². The predicted molar refractivity (Wildman–Crippen MR) is 153 cm³/mol. The summed E-state index contributed by atoms with van der Waals surface area (Å²) in [6, 6.07) is 13.0. The van der Waals surface area contributed by atoms with Crippen LogP contribution >= 0.6 is 0 Å². The van der Waals surface area contributed by atoms with Gasteiger partial charge < -0.3 is 16.0 Å². The molecule has 1 fully saturated rings. The van der Waals surface area contributed by atoms with Crippen molar-refractivity contribution in [3.63, 3.8) is 0 Å². The molecule has 0 unspecified atom stereocenters. The molecule has 3 N–H and O–H groups in total. The van der Waals surface area contributed by atoms with Gasteiger partial charge in [-0.2, -0.15) is 0 Å². The van der Waals surface area contributed by atoms with Crippen molar-refractivity contribution in [2.24, 2.45) is 0 Å². The van der Waals surface area contributed by atoms with E-state index >= 15 is 0 Å². The van der Waals surface area contributed by atoms with Crippen LogP contribution in [0.5, 0.6) is 0 Å². The molecule has 3 aromatic heterocycles. The summed E-state index contributed by atoms with van der Waals surface area (Å²) in [7, 11) is 6.03. The first-order valence-electron chi connectivity index (χ1n) is 12.8. The van der Waals surface area contributed by atoms with E-state index in [1.165, 1.54) is 6.08 Å². The Morgan fingerprint density at radius 2 is 1.95 bits per heavy atom. The van der Waals surface area contributed by atoms with Crippen LogP contribution in [-0.4, -0.2) is 75.6 Å². The topological polar surface area (TPSA) is 122 Å². The third-order valence-electron chi connectivity index (χ3n) is 6.44. The zero-order valence-corrected chi connectivity index (χ0v) is 22.5. The number of nitrogens with one attached hydrogen (secondary N) is 1. The zero-order valence-electron chi connectivity index (χ0n) is 22.5. The number of aldehydes is 1. The monoisotopic (exact) mass is 526 g/mol. The van der Waals surface area contributed by atoms with Crippen LogP contribution in [0.15, 0.2) is 73.2 Å². The fourth-order valence-corrected chi connectivity index (χ4v) is 4.49. The quantitative estimate of drug-likeness (QED) is 0.276. The van der Waals surface area contributed by atoms with Gasteiger partial charge in [0.15, 0.2) is 0 Å². The highest BCUT2D eigenvalue weighted by atomic mass is 16.1. The number of rotatable bonds is 7. The van der Waals surface area contributed by atoms with Gasteiger partial charge in [0.2, 0.25) is 0 Å². The molecule has 202 valence electrons. The number of imidazole rings is 1. The number of carbonyl (C=O) groups is 2. The van der Waals surface area contributed by atoms with E-state index < -0.39 is 0 Å². The lowest BCUT2D eigenvalue weighted by Crippen LogP contribution is -2.19. The number of benzene rings is 1. The van der Waals surface area contributed by atoms with Gasteiger partial charge in [-0.3, -0.25) is 18.9 Å². The number of aromatic nitrogens is 4. The van der Waals surface area contributed by atoms with Gasteiger partial charge in [0.1, 0.15) is 35.0 Å². The van der Waals surface area contributed by atoms with E-state index in [0.29, 0.717) is 17.2 Å². The second-order valence-electron chi connectivity index (χ2n) is 9.56. The average Bonchev–Trinajstić information content (AvgIpc) is 3.53. The van der Waals surface area contributed by atoms with Gasteiger partial charge in [-0.15, -0.1) is 0 Å². The fraction of sp³-hybridized carbons (Fsp3) is 0.276. The molecule has 0 radical (unpaired) electrons. The largest absolute Gasteiger partial charge is 0.382 e. The minimum Gasteiger partial charge on any atom is -0.382 e. The van der Waals surface area contributed by atoms with Gasteiger partial charge in [0, 0.05) is 36.3 Å². The molecule has 1 aromatic carbocycles. The Hall–Kier alpha value is -4.41. The number of allylic oxidation sites excluding steroid dienone is 1. The molecule has 1 saturated heterocycles. The molecule has 1 atom stereocenters. The Morgan fingerprint density at radius 3 is 2.59 bits per heavy atom. The van der Waals surface area contributed by atoms with E-state index in [1.807, 2.05) is 53.9 Å². The summed E-state index contributed by atoms with van der Waals surface area (Å²) in [6.45, 7) is 1.88. The van der Waals surface area contributed by atoms with Crippen LogP contribution in [0.25, 0.3) is 16.8 Å². The number of anilines is 2. The summed E-state index contributed by atoms with van der Waals surface area (Å²) in [6.07, 6.45) is 11.6. The molecular formula is C29H34N8O2. The normalized spacial score (nSPS) is 15.4. The Bertz CT molecular complexity index is 1430. The summed E-state index contributed by atoms with van der Waals surface area (Å²) in [5.74, 6) is 1.71. The summed E-state index contributed by atoms with van der Waals surface area (Å²) < 4.78 is 2.05. The van der Waals surface area contributed by atoms with E-state index in [2.05, 4.69) is 27.2 Å². The lowest BCUT2D eigenvalue weighted by Gasteiger charge is -2.18. The Kier molecular flexibility index (Phi) is 9.14. The summed E-state index contributed by atoms with van der Waals surface area (Å²) >= 11 is 0. The zero-order chi connectivity index (χ0) is 27.8. The van der Waals surface area contributed by atoms with Crippen LogP contribution in [0.2, 0.25) is 0 Å². The second kappa shape index (κ2) is 12.9. The molecule has 39 heavy (non-hydrogen) atoms. The number of hydrogen-bond acceptors (Lipinski definition) is 8. The van der Waals surface area contributed by atoms with Crippen molar-refractivity contribution in [2.75, 3.05) is 45.3 Å². The third-order valence-corrected chi connectivity index (χ3v) is 6.44. The number of nitrogens with zero attached hydrogens (tertiary/aromatic N) is 6. The highest BCUT2D eigenvalue weighted by Crippen LogP contribution is 2.35. The van der Waals surface area contributed by atoms with E-state index in [0.717, 1.165) is 54.8 Å². The van der Waals surface area contributed by atoms with Crippen LogP contribution in [0.1, 0.15) is 35.1 Å². The predicted octanol–water partition coefficient (Wildman–Crippen LogP) is 3.70. The Morgan fingerprint density at radius 1 is 1.15 bits per heavy atom. The molecule has 0 saturated carbocycles. The minimum atomic E-state index is -0.214. The van der Waals surface area contributed by atoms with E-state index in [9.17, 15) is 9.59 Å². The van der Waals surface area contributed by atoms with E-state index in [4.69, 9.17) is 10.7 Å². The molecule has 4 heterocycles. The lowest BCUT2D eigenvalue weighted by atomic mass is 10.1. The molecule has 4 aromatic rings. The molecule has 1 aliphatic heterocycles. The number of pyridine rings is 1. The summed E-state index contributed by atoms with van der Waals surface area (Å²) in [4.78, 5) is 39.9. The standard InChI is InChI=1S/C23H23N7O.C6H11NO/c1-29-13-4-5-17(29)22-28-19(20-21(24)26-12-14-30(20)22)15-7-9-16(10-8-15)23(31)27-18-6-2-3-11-25-18;1-7(2)5-3-4-6-8/h2-3,6-12,14,17H,4-5,13H2,1H3,(H2,24,26)(H,25,27,31);3-4,6H,5H2,1-2H3/b;4-3+/t17-;/m0./s1. The Balaban J connectivity index is 0.000000386. The molecule has 0 aliphatic carbocycles. The van der Waals surface area contributed by atoms with Crippen LogP contribution < -0.4 is 11.1 Å². The van der Waals surface area contributed by atoms with Crippen LogP contribution in [-0.2, 0) is 4.79 Å². The molecular weight excluding hydrogens is 492 g/mol. The molecule has 10 heteroatoms. The number of nitrogen functional groups attached to an aromatic ring is 1. The molecule has 0 bridgehead atoms. The van der Waals surface area contributed by atoms with Gasteiger partial charge in [0.05, 0.1) is 6.04 Å². The van der Waals surface area contributed by atoms with Gasteiger partial charge >= 0.3 is 0 Å². The van der Waals surface area contributed by atoms with Gasteiger partial charge in [-0.1, -0.05) is 24.3 Å². The first kappa shape index (κ1) is 27.6. The number of amides is 1. The van der Waals surface area contributed by atoms with E-state index in [1.54, 1.807) is 36.7 Å². The second-order valence-corrected chi connectivity index (χ2v) is 9.56. The maximum Gasteiger partial charge on any atom is 0.256 e. The molecule has 1 aliphatic rings. The first-order chi connectivity index (χ1) is 18.9. The number of hydrogen-bond donors (Lipinski definition) is 2. The molecule has 1 amide bonds. The maximum absolute atomic E-state index is 12.5. The van der Waals surface area contributed by atoms with Crippen LogP contribution in [0.3, 0.4) is 0 Å². The summed E-state index contributed by atoms with van der Waals surface area (Å²) in [5.41, 5.74) is 9.25. The van der Waals surface area contributed by atoms with Crippen molar-refractivity contribution >= 4 is 29.3 Å². The highest BCUT2D eigenvalue weighted by Gasteiger charge is 2.28. The average molecular weight is 527 g/mol. The fourth-order valence-electron chi connectivity index (χ4n) is 4.49. The number of fused-ring (bicyclic) bond motifs is 1. The maximum atomic E-state index is 12.5. The van der Waals surface area contributed by atoms with Crippen molar-refractivity contribution in [3.8, 4) is 11.3 Å². The van der Waals surface area contributed by atoms with Gasteiger partial charge in [-0.05, 0) is 70.9 Å². The van der Waals surface area contributed by atoms with Crippen molar-refractivity contribution in [1.82, 2.24) is 29.2 Å². The van der Waals surface area contributed by atoms with Gasteiger partial charge in [0.25, 0.3) is 5.91 Å². The van der Waals surface area contributed by atoms with Crippen molar-refractivity contribution in [2.45, 2.75) is 18.9 Å². The molecule has 0 spiro atoms. The van der Waals surface area contributed by atoms with Crippen LogP contribution in [0.4, 0.5) is 11.6 Å². The SMILES string of the molecule is CN(C)C/C=C/C=O.CN1CCC[C@H]1c1nc(-c2ccc(C(=O)Nc3ccccn3)cc2)c2c(N)nccn12. The first-order valence-corrected chi connectivity index (χ1v) is 12.8. The number of carbonyl (C=O) groups excluding carboxylic acids is 2. The number of likely N-dealkylation sites (N-methyl/N-ethyl adjacent to an activating group) is 1. The third kappa shape index (κ3) is 6.73. The van der Waals surface area contributed by atoms with E-state index in [-0.39, 0.29) is 11.9 Å². The van der Waals surface area contributed by atoms with Crippen LogP contribution in [0, 0.1) is 0 Å². The van der Waals surface area contributed by atoms with Crippen molar-refractivity contribution in [3.05, 3.63) is 84.6 Å². The molecule has 10 nitrogen and oxygen atoms in total. The van der Waals surface area contributed by atoms with Crippen molar-refractivity contribution in [1.29, 1.82) is 0 Å². The van der Waals surface area contributed by atoms with Gasteiger partial charge in [-0.25, -0.2) is 15.0 Å². The highest BCUT2D eigenvalue weighted by molar-refractivity contribution is 6.04. The summed E-state index contributed by atoms with van der Waals surface area (Å²) in [5, 5.41) is 2.80. The minimum absolute atomic E-state index is 0.214. The lowest BCUT2D eigenvalue weighted by molar-refractivity contribution is -0.104.